The first-order valence-electron chi connectivity index (χ1n) is 4.98. The third-order valence-electron chi connectivity index (χ3n) is 2.48. The van der Waals surface area contributed by atoms with E-state index in [-0.39, 0.29) is 0 Å². The van der Waals surface area contributed by atoms with Crippen LogP contribution in [0.4, 0.5) is 0 Å². The largest absolute Gasteiger partial charge is 0.379 e. The second-order valence-electron chi connectivity index (χ2n) is 3.80. The van der Waals surface area contributed by atoms with Crippen molar-refractivity contribution in [2.45, 2.75) is 26.8 Å². The van der Waals surface area contributed by atoms with Gasteiger partial charge in [-0.25, -0.2) is 0 Å². The summed E-state index contributed by atoms with van der Waals surface area (Å²) in [4.78, 5) is 2.34. The van der Waals surface area contributed by atoms with Crippen molar-refractivity contribution in [1.82, 2.24) is 4.90 Å². The van der Waals surface area contributed by atoms with Crippen LogP contribution in [-0.4, -0.2) is 43.5 Å². The van der Waals surface area contributed by atoms with Gasteiger partial charge in [0.1, 0.15) is 0 Å². The van der Waals surface area contributed by atoms with Gasteiger partial charge in [-0.15, -0.1) is 0 Å². The monoisotopic (exact) mass is 205 g/mol. The van der Waals surface area contributed by atoms with E-state index in [0.717, 1.165) is 25.5 Å². The Labute approximate surface area is 88.1 Å². The topological polar surface area (TPSA) is 12.5 Å². The van der Waals surface area contributed by atoms with Gasteiger partial charge in [0.2, 0.25) is 0 Å². The fraction of sp³-hybridized carbons (Fsp3) is 1.00. The number of hydrogen-bond donors (Lipinski definition) is 1. The van der Waals surface area contributed by atoms with Gasteiger partial charge < -0.3 is 9.64 Å². The van der Waals surface area contributed by atoms with Crippen LogP contribution in [0.5, 0.6) is 0 Å². The van der Waals surface area contributed by atoms with Crippen molar-refractivity contribution in [3.05, 3.63) is 0 Å². The lowest BCUT2D eigenvalue weighted by molar-refractivity contribution is 0.102. The zero-order valence-corrected chi connectivity index (χ0v) is 10.2. The molecule has 0 aromatic carbocycles. The molecule has 0 rings (SSSR count). The fourth-order valence-corrected chi connectivity index (χ4v) is 1.22. The van der Waals surface area contributed by atoms with Crippen LogP contribution in [0.25, 0.3) is 0 Å². The van der Waals surface area contributed by atoms with Gasteiger partial charge in [0, 0.05) is 18.3 Å². The summed E-state index contributed by atoms with van der Waals surface area (Å²) in [6.07, 6.45) is 0. The average molecular weight is 205 g/mol. The van der Waals surface area contributed by atoms with Crippen LogP contribution in [0.2, 0.25) is 0 Å². The Morgan fingerprint density at radius 1 is 1.23 bits per heavy atom. The molecule has 0 aromatic heterocycles. The third-order valence-corrected chi connectivity index (χ3v) is 2.67. The van der Waals surface area contributed by atoms with Gasteiger partial charge in [-0.2, -0.15) is 12.6 Å². The molecule has 0 N–H and O–H groups in total. The van der Waals surface area contributed by atoms with Crippen molar-refractivity contribution in [2.24, 2.45) is 5.92 Å². The molecule has 0 radical (unpaired) electrons. The Morgan fingerprint density at radius 3 is 2.31 bits per heavy atom. The van der Waals surface area contributed by atoms with E-state index in [1.54, 1.807) is 0 Å². The highest BCUT2D eigenvalue weighted by molar-refractivity contribution is 7.80. The van der Waals surface area contributed by atoms with Crippen LogP contribution >= 0.6 is 12.6 Å². The zero-order chi connectivity index (χ0) is 10.3. The van der Waals surface area contributed by atoms with Crippen molar-refractivity contribution >= 4 is 12.6 Å². The highest BCUT2D eigenvalue weighted by Crippen LogP contribution is 2.06. The first-order valence-corrected chi connectivity index (χ1v) is 5.61. The maximum atomic E-state index is 5.37. The molecule has 80 valence electrons. The molecule has 0 aliphatic heterocycles. The van der Waals surface area contributed by atoms with Gasteiger partial charge in [-0.3, -0.25) is 0 Å². The summed E-state index contributed by atoms with van der Waals surface area (Å²) in [6, 6.07) is 0.625. The summed E-state index contributed by atoms with van der Waals surface area (Å²) in [5.74, 6) is 1.51. The van der Waals surface area contributed by atoms with E-state index >= 15 is 0 Å². The molecule has 0 fully saturated rings. The molecule has 0 aliphatic rings. The molecule has 1 unspecified atom stereocenters. The maximum Gasteiger partial charge on any atom is 0.0593 e. The molecular formula is C10H23NOS. The number of rotatable bonds is 7. The van der Waals surface area contributed by atoms with E-state index in [0.29, 0.717) is 12.0 Å². The lowest BCUT2D eigenvalue weighted by Gasteiger charge is -2.27. The summed E-state index contributed by atoms with van der Waals surface area (Å²) in [5.41, 5.74) is 0. The molecular weight excluding hydrogens is 182 g/mol. The maximum absolute atomic E-state index is 5.37. The molecule has 0 amide bonds. The van der Waals surface area contributed by atoms with Crippen LogP contribution in [0.3, 0.4) is 0 Å². The number of nitrogens with zero attached hydrogens (tertiary/aromatic N) is 1. The second kappa shape index (κ2) is 7.65. The lowest BCUT2D eigenvalue weighted by atomic mass is 10.1. The molecule has 0 saturated heterocycles. The SMILES string of the molecule is CC(C)C(C)N(C)CCOCCS. The number of ether oxygens (including phenoxy) is 1. The van der Waals surface area contributed by atoms with Crippen molar-refractivity contribution < 1.29 is 4.74 Å². The Bertz CT molecular complexity index is 119. The van der Waals surface area contributed by atoms with Gasteiger partial charge >= 0.3 is 0 Å². The number of likely N-dealkylation sites (N-methyl/N-ethyl adjacent to an activating group) is 1. The minimum atomic E-state index is 0.625. The predicted molar refractivity (Wildman–Crippen MR) is 61.6 cm³/mol. The van der Waals surface area contributed by atoms with Crippen LogP contribution in [0.15, 0.2) is 0 Å². The summed E-state index contributed by atoms with van der Waals surface area (Å²) < 4.78 is 5.37. The molecule has 2 nitrogen and oxygen atoms in total. The van der Waals surface area contributed by atoms with E-state index in [1.807, 2.05) is 0 Å². The van der Waals surface area contributed by atoms with E-state index in [9.17, 15) is 0 Å². The lowest BCUT2D eigenvalue weighted by Crippen LogP contribution is -2.35. The number of hydrogen-bond acceptors (Lipinski definition) is 3. The second-order valence-corrected chi connectivity index (χ2v) is 4.25. The van der Waals surface area contributed by atoms with Gasteiger partial charge in [0.15, 0.2) is 0 Å². The summed E-state index contributed by atoms with van der Waals surface area (Å²) >= 11 is 4.08. The Kier molecular flexibility index (Phi) is 7.81. The molecule has 0 heterocycles. The van der Waals surface area contributed by atoms with Gasteiger partial charge in [0.05, 0.1) is 13.2 Å². The van der Waals surface area contributed by atoms with E-state index in [4.69, 9.17) is 4.74 Å². The summed E-state index contributed by atoms with van der Waals surface area (Å²) in [5, 5.41) is 0. The van der Waals surface area contributed by atoms with Crippen LogP contribution in [-0.2, 0) is 4.74 Å². The number of thiol groups is 1. The van der Waals surface area contributed by atoms with Gasteiger partial charge in [0.25, 0.3) is 0 Å². The minimum Gasteiger partial charge on any atom is -0.379 e. The van der Waals surface area contributed by atoms with E-state index in [1.165, 1.54) is 0 Å². The molecule has 1 atom stereocenters. The fourth-order valence-electron chi connectivity index (χ4n) is 1.09. The smallest absolute Gasteiger partial charge is 0.0593 e. The molecule has 13 heavy (non-hydrogen) atoms. The van der Waals surface area contributed by atoms with E-state index < -0.39 is 0 Å². The highest BCUT2D eigenvalue weighted by Gasteiger charge is 2.11. The van der Waals surface area contributed by atoms with Crippen molar-refractivity contribution in [2.75, 3.05) is 32.6 Å². The van der Waals surface area contributed by atoms with Crippen molar-refractivity contribution in [3.8, 4) is 0 Å². The Morgan fingerprint density at radius 2 is 1.85 bits per heavy atom. The zero-order valence-electron chi connectivity index (χ0n) is 9.29. The molecule has 0 bridgehead atoms. The summed E-state index contributed by atoms with van der Waals surface area (Å²) in [6.45, 7) is 9.32. The Hall–Kier alpha value is 0.270. The highest BCUT2D eigenvalue weighted by atomic mass is 32.1. The van der Waals surface area contributed by atoms with Gasteiger partial charge in [-0.1, -0.05) is 13.8 Å². The average Bonchev–Trinajstić information content (AvgIpc) is 2.10. The quantitative estimate of drug-likeness (QED) is 0.503. The predicted octanol–water partition coefficient (Wildman–Crippen LogP) is 1.91. The van der Waals surface area contributed by atoms with Crippen LogP contribution in [0, 0.1) is 5.92 Å². The standard InChI is InChI=1S/C10H23NOS/c1-9(2)10(3)11(4)5-6-12-7-8-13/h9-10,13H,5-8H2,1-4H3. The Balaban J connectivity index is 3.44. The first kappa shape index (κ1) is 13.3. The third kappa shape index (κ3) is 6.36. The molecule has 0 spiro atoms. The van der Waals surface area contributed by atoms with Crippen LogP contribution < -0.4 is 0 Å². The minimum absolute atomic E-state index is 0.625. The molecule has 0 saturated carbocycles. The van der Waals surface area contributed by atoms with E-state index in [2.05, 4.69) is 45.3 Å². The van der Waals surface area contributed by atoms with Crippen molar-refractivity contribution in [1.29, 1.82) is 0 Å². The van der Waals surface area contributed by atoms with Gasteiger partial charge in [-0.05, 0) is 19.9 Å². The molecule has 0 aliphatic carbocycles. The molecule has 3 heteroatoms. The first-order chi connectivity index (χ1) is 6.09. The molecule has 0 aromatic rings. The van der Waals surface area contributed by atoms with Crippen LogP contribution in [0.1, 0.15) is 20.8 Å². The van der Waals surface area contributed by atoms with Crippen molar-refractivity contribution in [3.63, 3.8) is 0 Å². The normalized spacial score (nSPS) is 14.1. The summed E-state index contributed by atoms with van der Waals surface area (Å²) in [7, 11) is 2.15.